The molecule has 178 valence electrons. The lowest BCUT2D eigenvalue weighted by Crippen LogP contribution is -2.20. The fourth-order valence-corrected chi connectivity index (χ4v) is 4.27. The van der Waals surface area contributed by atoms with Gasteiger partial charge in [-0.3, -0.25) is 0 Å². The molecule has 0 unspecified atom stereocenters. The average Bonchev–Trinajstić information content (AvgIpc) is 2.80. The third-order valence-corrected chi connectivity index (χ3v) is 6.38. The van der Waals surface area contributed by atoms with Crippen molar-refractivity contribution in [2.45, 2.75) is 129 Å². The molecule has 1 aromatic rings. The molecule has 1 rings (SSSR count). The van der Waals surface area contributed by atoms with Gasteiger partial charge in [0.15, 0.2) is 0 Å². The lowest BCUT2D eigenvalue weighted by Gasteiger charge is -2.20. The number of benzene rings is 1. The van der Waals surface area contributed by atoms with Crippen LogP contribution in [0.15, 0.2) is 36.5 Å². The van der Waals surface area contributed by atoms with E-state index in [1.165, 1.54) is 134 Å². The summed E-state index contributed by atoms with van der Waals surface area (Å²) >= 11 is 0. The fourth-order valence-electron chi connectivity index (χ4n) is 4.27. The Morgan fingerprint density at radius 3 is 1.32 bits per heavy atom. The SMILES string of the molecule is CCCCCCCCCCCN(C=Cc1ccccc1)CCCCCCCCCCC. The summed E-state index contributed by atoms with van der Waals surface area (Å²) in [6, 6.07) is 10.8. The Bertz CT molecular complexity index is 470. The lowest BCUT2D eigenvalue weighted by atomic mass is 10.1. The van der Waals surface area contributed by atoms with E-state index in [0.717, 1.165) is 0 Å². The van der Waals surface area contributed by atoms with Crippen LogP contribution in [0.3, 0.4) is 0 Å². The van der Waals surface area contributed by atoms with Crippen molar-refractivity contribution in [3.05, 3.63) is 42.1 Å². The summed E-state index contributed by atoms with van der Waals surface area (Å²) in [5.74, 6) is 0. The van der Waals surface area contributed by atoms with E-state index < -0.39 is 0 Å². The first-order chi connectivity index (χ1) is 15.4. The first-order valence-electron chi connectivity index (χ1n) is 13.8. The first-order valence-corrected chi connectivity index (χ1v) is 13.8. The zero-order valence-corrected chi connectivity index (χ0v) is 21.1. The van der Waals surface area contributed by atoms with Crippen molar-refractivity contribution in [1.82, 2.24) is 4.90 Å². The number of nitrogens with zero attached hydrogens (tertiary/aromatic N) is 1. The van der Waals surface area contributed by atoms with Crippen molar-refractivity contribution in [1.29, 1.82) is 0 Å². The van der Waals surface area contributed by atoms with E-state index in [1.54, 1.807) is 0 Å². The normalized spacial score (nSPS) is 11.4. The zero-order chi connectivity index (χ0) is 22.2. The smallest absolute Gasteiger partial charge is 0.0172 e. The Labute approximate surface area is 195 Å². The molecule has 0 aromatic heterocycles. The summed E-state index contributed by atoms with van der Waals surface area (Å²) in [5, 5.41) is 0. The second-order valence-electron chi connectivity index (χ2n) is 9.42. The van der Waals surface area contributed by atoms with E-state index in [1.807, 2.05) is 0 Å². The van der Waals surface area contributed by atoms with Gasteiger partial charge in [-0.15, -0.1) is 0 Å². The molecule has 0 fully saturated rings. The van der Waals surface area contributed by atoms with E-state index in [-0.39, 0.29) is 0 Å². The molecule has 0 bridgehead atoms. The van der Waals surface area contributed by atoms with Gasteiger partial charge in [0.1, 0.15) is 0 Å². The Morgan fingerprint density at radius 2 is 0.903 bits per heavy atom. The summed E-state index contributed by atoms with van der Waals surface area (Å²) in [7, 11) is 0. The molecule has 0 aliphatic carbocycles. The molecule has 0 N–H and O–H groups in total. The highest BCUT2D eigenvalue weighted by atomic mass is 15.1. The minimum Gasteiger partial charge on any atom is -0.377 e. The van der Waals surface area contributed by atoms with E-state index in [4.69, 9.17) is 0 Å². The Hall–Kier alpha value is -1.24. The van der Waals surface area contributed by atoms with Gasteiger partial charge < -0.3 is 4.90 Å². The molecule has 0 aliphatic rings. The second-order valence-corrected chi connectivity index (χ2v) is 9.42. The van der Waals surface area contributed by atoms with Gasteiger partial charge in [-0.1, -0.05) is 147 Å². The van der Waals surface area contributed by atoms with Gasteiger partial charge in [-0.2, -0.15) is 0 Å². The molecule has 1 nitrogen and oxygen atoms in total. The maximum atomic E-state index is 2.58. The molecule has 0 heterocycles. The third-order valence-electron chi connectivity index (χ3n) is 6.38. The van der Waals surface area contributed by atoms with Crippen molar-refractivity contribution < 1.29 is 0 Å². The molecular weight excluding hydrogens is 374 g/mol. The minimum absolute atomic E-state index is 1.22. The van der Waals surface area contributed by atoms with Crippen LogP contribution in [-0.2, 0) is 0 Å². The number of hydrogen-bond donors (Lipinski definition) is 0. The maximum Gasteiger partial charge on any atom is 0.0172 e. The largest absolute Gasteiger partial charge is 0.377 e. The van der Waals surface area contributed by atoms with Crippen molar-refractivity contribution in [2.24, 2.45) is 0 Å². The van der Waals surface area contributed by atoms with Gasteiger partial charge in [0.05, 0.1) is 0 Å². The Balaban J connectivity index is 2.20. The van der Waals surface area contributed by atoms with Crippen LogP contribution in [0.4, 0.5) is 0 Å². The average molecular weight is 428 g/mol. The predicted molar refractivity (Wildman–Crippen MR) is 142 cm³/mol. The molecule has 0 spiro atoms. The van der Waals surface area contributed by atoms with E-state index >= 15 is 0 Å². The van der Waals surface area contributed by atoms with Crippen LogP contribution >= 0.6 is 0 Å². The topological polar surface area (TPSA) is 3.24 Å². The van der Waals surface area contributed by atoms with Gasteiger partial charge in [-0.05, 0) is 30.7 Å². The number of hydrogen-bond acceptors (Lipinski definition) is 1. The molecule has 0 amide bonds. The predicted octanol–water partition coefficient (Wildman–Crippen LogP) is 10.0. The summed E-state index contributed by atoms with van der Waals surface area (Å²) in [6.07, 6.45) is 30.0. The molecule has 0 atom stereocenters. The Kier molecular flexibility index (Phi) is 19.7. The first kappa shape index (κ1) is 27.8. The van der Waals surface area contributed by atoms with Crippen molar-refractivity contribution in [3.8, 4) is 0 Å². The summed E-state index contributed by atoms with van der Waals surface area (Å²) in [5.41, 5.74) is 1.31. The summed E-state index contributed by atoms with van der Waals surface area (Å²) < 4.78 is 0. The second kappa shape index (κ2) is 22.0. The van der Waals surface area contributed by atoms with Crippen LogP contribution < -0.4 is 0 Å². The minimum atomic E-state index is 1.22. The quantitative estimate of drug-likeness (QED) is 0.166. The van der Waals surface area contributed by atoms with Gasteiger partial charge in [0.2, 0.25) is 0 Å². The molecular formula is C30H53N. The highest BCUT2D eigenvalue weighted by Gasteiger charge is 2.01. The maximum absolute atomic E-state index is 2.58. The fraction of sp³-hybridized carbons (Fsp3) is 0.733. The van der Waals surface area contributed by atoms with Gasteiger partial charge >= 0.3 is 0 Å². The van der Waals surface area contributed by atoms with Crippen molar-refractivity contribution in [3.63, 3.8) is 0 Å². The highest BCUT2D eigenvalue weighted by molar-refractivity contribution is 5.48. The monoisotopic (exact) mass is 427 g/mol. The number of rotatable bonds is 22. The van der Waals surface area contributed by atoms with Crippen LogP contribution in [0.2, 0.25) is 0 Å². The number of unbranched alkanes of at least 4 members (excludes halogenated alkanes) is 16. The molecule has 1 aromatic carbocycles. The molecule has 0 saturated heterocycles. The third kappa shape index (κ3) is 18.1. The van der Waals surface area contributed by atoms with Gasteiger partial charge in [0, 0.05) is 13.1 Å². The van der Waals surface area contributed by atoms with Crippen molar-refractivity contribution >= 4 is 6.08 Å². The highest BCUT2D eigenvalue weighted by Crippen LogP contribution is 2.13. The molecule has 0 aliphatic heterocycles. The van der Waals surface area contributed by atoms with Crippen LogP contribution in [-0.4, -0.2) is 18.0 Å². The lowest BCUT2D eigenvalue weighted by molar-refractivity contribution is 0.351. The molecule has 1 heteroatoms. The summed E-state index contributed by atoms with van der Waals surface area (Å²) in [6.45, 7) is 7.03. The van der Waals surface area contributed by atoms with Crippen molar-refractivity contribution in [2.75, 3.05) is 13.1 Å². The molecule has 0 saturated carbocycles. The molecule has 0 radical (unpaired) electrons. The van der Waals surface area contributed by atoms with E-state index in [2.05, 4.69) is 61.4 Å². The zero-order valence-electron chi connectivity index (χ0n) is 21.1. The van der Waals surface area contributed by atoms with E-state index in [0.29, 0.717) is 0 Å². The van der Waals surface area contributed by atoms with Crippen LogP contribution in [0.1, 0.15) is 135 Å². The van der Waals surface area contributed by atoms with Crippen LogP contribution in [0.5, 0.6) is 0 Å². The summed E-state index contributed by atoms with van der Waals surface area (Å²) in [4.78, 5) is 2.58. The van der Waals surface area contributed by atoms with Crippen LogP contribution in [0.25, 0.3) is 6.08 Å². The Morgan fingerprint density at radius 1 is 0.516 bits per heavy atom. The van der Waals surface area contributed by atoms with Gasteiger partial charge in [-0.25, -0.2) is 0 Å². The van der Waals surface area contributed by atoms with Gasteiger partial charge in [0.25, 0.3) is 0 Å². The van der Waals surface area contributed by atoms with E-state index in [9.17, 15) is 0 Å². The molecule has 31 heavy (non-hydrogen) atoms. The standard InChI is InChI=1S/C30H53N/c1-3-5-7-9-11-13-15-17-22-27-31(29-26-30-24-20-19-21-25-30)28-23-18-16-14-12-10-8-6-4-2/h19-21,24-26,29H,3-18,22-23,27-28H2,1-2H3. The van der Waals surface area contributed by atoms with Crippen LogP contribution in [0, 0.1) is 0 Å².